The van der Waals surface area contributed by atoms with Crippen LogP contribution in [-0.2, 0) is 0 Å². The summed E-state index contributed by atoms with van der Waals surface area (Å²) < 4.78 is 0.0202. The minimum Gasteiger partial charge on any atom is -0.197 e. The zero-order valence-electron chi connectivity index (χ0n) is 10.7. The molecule has 0 aromatic rings. The van der Waals surface area contributed by atoms with Gasteiger partial charge in [0.2, 0.25) is 0 Å². The SMILES string of the molecule is N#CC1(SC2CCCCC2)CC2(CCCC2)C1. The van der Waals surface area contributed by atoms with Crippen LogP contribution >= 0.6 is 11.8 Å². The molecule has 3 rings (SSSR count). The highest BCUT2D eigenvalue weighted by atomic mass is 32.2. The second-order valence-electron chi connectivity index (χ2n) is 6.54. The summed E-state index contributed by atoms with van der Waals surface area (Å²) in [6.07, 6.45) is 15.0. The Bertz CT molecular complexity index is 310. The average molecular weight is 249 g/mol. The molecule has 3 aliphatic carbocycles. The number of rotatable bonds is 2. The van der Waals surface area contributed by atoms with Crippen LogP contribution in [-0.4, -0.2) is 10.00 Å². The first-order valence-corrected chi connectivity index (χ1v) is 8.23. The molecule has 0 saturated heterocycles. The zero-order valence-corrected chi connectivity index (χ0v) is 11.5. The van der Waals surface area contributed by atoms with Crippen LogP contribution in [0.2, 0.25) is 0 Å². The van der Waals surface area contributed by atoms with Gasteiger partial charge in [-0.3, -0.25) is 0 Å². The molecule has 94 valence electrons. The summed E-state index contributed by atoms with van der Waals surface area (Å²) >= 11 is 2.05. The van der Waals surface area contributed by atoms with E-state index in [9.17, 15) is 5.26 Å². The van der Waals surface area contributed by atoms with E-state index in [-0.39, 0.29) is 4.75 Å². The maximum absolute atomic E-state index is 9.54. The van der Waals surface area contributed by atoms with Crippen LogP contribution in [0.15, 0.2) is 0 Å². The van der Waals surface area contributed by atoms with E-state index in [4.69, 9.17) is 0 Å². The average Bonchev–Trinajstić information content (AvgIpc) is 2.78. The van der Waals surface area contributed by atoms with Crippen molar-refractivity contribution in [2.45, 2.75) is 80.6 Å². The molecule has 0 atom stereocenters. The van der Waals surface area contributed by atoms with Gasteiger partial charge < -0.3 is 0 Å². The fourth-order valence-corrected chi connectivity index (χ4v) is 6.37. The molecule has 0 radical (unpaired) electrons. The molecular formula is C15H23NS. The van der Waals surface area contributed by atoms with Gasteiger partial charge in [-0.2, -0.15) is 5.26 Å². The Labute approximate surface area is 109 Å². The third-order valence-corrected chi connectivity index (χ3v) is 6.77. The molecule has 3 aliphatic rings. The number of nitriles is 1. The molecule has 0 N–H and O–H groups in total. The highest BCUT2D eigenvalue weighted by molar-refractivity contribution is 8.01. The van der Waals surface area contributed by atoms with Gasteiger partial charge in [0, 0.05) is 5.25 Å². The first-order chi connectivity index (χ1) is 8.26. The second kappa shape index (κ2) is 4.50. The predicted octanol–water partition coefficient (Wildman–Crippen LogP) is 4.67. The Hall–Kier alpha value is -0.160. The molecule has 1 nitrogen and oxygen atoms in total. The topological polar surface area (TPSA) is 23.8 Å². The third-order valence-electron chi connectivity index (χ3n) is 5.13. The van der Waals surface area contributed by atoms with Crippen LogP contribution in [0.4, 0.5) is 0 Å². The van der Waals surface area contributed by atoms with E-state index in [1.165, 1.54) is 70.6 Å². The van der Waals surface area contributed by atoms with Crippen molar-refractivity contribution in [3.05, 3.63) is 0 Å². The summed E-state index contributed by atoms with van der Waals surface area (Å²) in [5.74, 6) is 0. The van der Waals surface area contributed by atoms with E-state index >= 15 is 0 Å². The van der Waals surface area contributed by atoms with Crippen molar-refractivity contribution in [2.24, 2.45) is 5.41 Å². The van der Waals surface area contributed by atoms with Crippen LogP contribution < -0.4 is 0 Å². The van der Waals surface area contributed by atoms with Crippen LogP contribution in [0, 0.1) is 16.7 Å². The van der Waals surface area contributed by atoms with Gasteiger partial charge in [-0.1, -0.05) is 32.1 Å². The van der Waals surface area contributed by atoms with Crippen molar-refractivity contribution in [2.75, 3.05) is 0 Å². The quantitative estimate of drug-likeness (QED) is 0.710. The van der Waals surface area contributed by atoms with Crippen LogP contribution in [0.1, 0.15) is 70.6 Å². The molecule has 0 aliphatic heterocycles. The lowest BCUT2D eigenvalue weighted by Crippen LogP contribution is -2.48. The summed E-state index contributed by atoms with van der Waals surface area (Å²) in [6, 6.07) is 2.68. The van der Waals surface area contributed by atoms with E-state index in [2.05, 4.69) is 17.8 Å². The van der Waals surface area contributed by atoms with Gasteiger partial charge >= 0.3 is 0 Å². The molecule has 0 amide bonds. The molecule has 3 fully saturated rings. The van der Waals surface area contributed by atoms with Crippen molar-refractivity contribution < 1.29 is 0 Å². The molecule has 0 heterocycles. The van der Waals surface area contributed by atoms with Crippen molar-refractivity contribution in [1.82, 2.24) is 0 Å². The van der Waals surface area contributed by atoms with Gasteiger partial charge in [0.25, 0.3) is 0 Å². The Morgan fingerprint density at radius 1 is 0.941 bits per heavy atom. The lowest BCUT2D eigenvalue weighted by atomic mass is 9.61. The zero-order chi connectivity index (χ0) is 11.8. The second-order valence-corrected chi connectivity index (χ2v) is 8.23. The van der Waals surface area contributed by atoms with Gasteiger partial charge in [-0.05, 0) is 43.9 Å². The smallest absolute Gasteiger partial charge is 0.104 e. The monoisotopic (exact) mass is 249 g/mol. The molecule has 3 saturated carbocycles. The van der Waals surface area contributed by atoms with E-state index < -0.39 is 0 Å². The highest BCUT2D eigenvalue weighted by Crippen LogP contribution is 2.63. The van der Waals surface area contributed by atoms with Crippen molar-refractivity contribution in [3.63, 3.8) is 0 Å². The molecule has 0 unspecified atom stereocenters. The largest absolute Gasteiger partial charge is 0.197 e. The molecule has 2 heteroatoms. The maximum Gasteiger partial charge on any atom is 0.104 e. The van der Waals surface area contributed by atoms with Crippen molar-refractivity contribution in [3.8, 4) is 6.07 Å². The molecule has 17 heavy (non-hydrogen) atoms. The molecule has 1 spiro atoms. The van der Waals surface area contributed by atoms with Gasteiger partial charge in [-0.15, -0.1) is 11.8 Å². The summed E-state index contributed by atoms with van der Waals surface area (Å²) in [5, 5.41) is 10.3. The first kappa shape index (κ1) is 11.9. The van der Waals surface area contributed by atoms with Gasteiger partial charge in [0.05, 0.1) is 6.07 Å². The lowest BCUT2D eigenvalue weighted by molar-refractivity contribution is 0.119. The molecular weight excluding hydrogens is 226 g/mol. The van der Waals surface area contributed by atoms with Gasteiger partial charge in [-0.25, -0.2) is 0 Å². The summed E-state index contributed by atoms with van der Waals surface area (Å²) in [7, 11) is 0. The summed E-state index contributed by atoms with van der Waals surface area (Å²) in [6.45, 7) is 0. The highest BCUT2D eigenvalue weighted by Gasteiger charge is 2.56. The van der Waals surface area contributed by atoms with E-state index in [0.29, 0.717) is 5.41 Å². The number of thioether (sulfide) groups is 1. The van der Waals surface area contributed by atoms with E-state index in [1.54, 1.807) is 0 Å². The normalized spacial score (nSPS) is 31.0. The van der Waals surface area contributed by atoms with Crippen molar-refractivity contribution in [1.29, 1.82) is 5.26 Å². The number of hydrogen-bond donors (Lipinski definition) is 0. The van der Waals surface area contributed by atoms with Gasteiger partial charge in [0.15, 0.2) is 0 Å². The first-order valence-electron chi connectivity index (χ1n) is 7.35. The van der Waals surface area contributed by atoms with Crippen LogP contribution in [0.5, 0.6) is 0 Å². The summed E-state index contributed by atoms with van der Waals surface area (Å²) in [5.41, 5.74) is 0.609. The Morgan fingerprint density at radius 3 is 2.18 bits per heavy atom. The predicted molar refractivity (Wildman–Crippen MR) is 72.9 cm³/mol. The van der Waals surface area contributed by atoms with E-state index in [1.807, 2.05) is 0 Å². The molecule has 0 aromatic carbocycles. The Morgan fingerprint density at radius 2 is 1.59 bits per heavy atom. The minimum atomic E-state index is 0.0202. The molecule has 0 bridgehead atoms. The van der Waals surface area contributed by atoms with E-state index in [0.717, 1.165) is 5.25 Å². The lowest BCUT2D eigenvalue weighted by Gasteiger charge is -2.52. The Balaban J connectivity index is 1.59. The number of hydrogen-bond acceptors (Lipinski definition) is 2. The maximum atomic E-state index is 9.54. The molecule has 0 aromatic heterocycles. The van der Waals surface area contributed by atoms with Crippen LogP contribution in [0.3, 0.4) is 0 Å². The van der Waals surface area contributed by atoms with Crippen LogP contribution in [0.25, 0.3) is 0 Å². The fraction of sp³-hybridized carbons (Fsp3) is 0.933. The number of nitrogens with zero attached hydrogens (tertiary/aromatic N) is 1. The standard InChI is InChI=1S/C15H23NS/c16-12-15(17-13-6-2-1-3-7-13)10-14(11-15)8-4-5-9-14/h13H,1-11H2. The van der Waals surface area contributed by atoms with Gasteiger partial charge in [0.1, 0.15) is 4.75 Å². The fourth-order valence-electron chi connectivity index (χ4n) is 4.33. The third kappa shape index (κ3) is 2.24. The summed E-state index contributed by atoms with van der Waals surface area (Å²) in [4.78, 5) is 0. The Kier molecular flexibility index (Phi) is 3.15. The van der Waals surface area contributed by atoms with Crippen molar-refractivity contribution >= 4 is 11.8 Å². The minimum absolute atomic E-state index is 0.0202.